The summed E-state index contributed by atoms with van der Waals surface area (Å²) >= 11 is 1.56. The minimum absolute atomic E-state index is 0.110. The highest BCUT2D eigenvalue weighted by Gasteiger charge is 2.18. The van der Waals surface area contributed by atoms with E-state index >= 15 is 0 Å². The van der Waals surface area contributed by atoms with Crippen LogP contribution < -0.4 is 5.56 Å². The maximum Gasteiger partial charge on any atom is 0.260 e. The van der Waals surface area contributed by atoms with Crippen molar-refractivity contribution in [2.75, 3.05) is 0 Å². The minimum Gasteiger partial charge on any atom is -0.468 e. The lowest BCUT2D eigenvalue weighted by atomic mass is 10.0. The topological polar surface area (TPSA) is 75.3 Å². The van der Waals surface area contributed by atoms with Gasteiger partial charge in [-0.05, 0) is 43.7 Å². The lowest BCUT2D eigenvalue weighted by Gasteiger charge is -2.19. The van der Waals surface area contributed by atoms with E-state index in [1.165, 1.54) is 5.56 Å². The van der Waals surface area contributed by atoms with E-state index in [-0.39, 0.29) is 5.56 Å². The molecule has 32 heavy (non-hydrogen) atoms. The van der Waals surface area contributed by atoms with Crippen LogP contribution in [0.5, 0.6) is 0 Å². The van der Waals surface area contributed by atoms with Gasteiger partial charge in [-0.1, -0.05) is 29.8 Å². The Morgan fingerprint density at radius 1 is 0.938 bits per heavy atom. The normalized spacial score (nSPS) is 11.6. The van der Waals surface area contributed by atoms with Gasteiger partial charge in [0, 0.05) is 10.4 Å². The van der Waals surface area contributed by atoms with Gasteiger partial charge in [-0.2, -0.15) is 0 Å². The van der Waals surface area contributed by atoms with Crippen LogP contribution in [0.4, 0.5) is 0 Å². The zero-order valence-corrected chi connectivity index (χ0v) is 18.7. The van der Waals surface area contributed by atoms with Crippen LogP contribution in [-0.2, 0) is 19.6 Å². The molecule has 0 saturated heterocycles. The van der Waals surface area contributed by atoms with E-state index in [2.05, 4.69) is 41.1 Å². The summed E-state index contributed by atoms with van der Waals surface area (Å²) in [5.41, 5.74) is 3.08. The monoisotopic (exact) mass is 445 g/mol. The zero-order valence-electron chi connectivity index (χ0n) is 17.9. The van der Waals surface area contributed by atoms with Crippen molar-refractivity contribution in [2.45, 2.75) is 33.5 Å². The number of nitrogens with zero attached hydrogens (tertiary/aromatic N) is 2. The van der Waals surface area contributed by atoms with Crippen LogP contribution in [-0.4, -0.2) is 14.9 Å². The zero-order chi connectivity index (χ0) is 22.1. The van der Waals surface area contributed by atoms with Crippen molar-refractivity contribution in [1.29, 1.82) is 0 Å². The summed E-state index contributed by atoms with van der Waals surface area (Å²) in [5.74, 6) is 2.31. The highest BCUT2D eigenvalue weighted by Crippen LogP contribution is 2.35. The van der Waals surface area contributed by atoms with Gasteiger partial charge in [-0.15, -0.1) is 11.3 Å². The molecule has 162 valence electrons. The van der Waals surface area contributed by atoms with E-state index in [0.717, 1.165) is 32.4 Å². The molecule has 6 nitrogen and oxygen atoms in total. The number of furan rings is 2. The quantitative estimate of drug-likeness (QED) is 0.350. The summed E-state index contributed by atoms with van der Waals surface area (Å²) in [6, 6.07) is 15.9. The number of nitrogens with one attached hydrogen (secondary N) is 1. The summed E-state index contributed by atoms with van der Waals surface area (Å²) in [6.07, 6.45) is 3.32. The third-order valence-corrected chi connectivity index (χ3v) is 6.42. The Morgan fingerprint density at radius 3 is 2.19 bits per heavy atom. The Morgan fingerprint density at radius 2 is 1.59 bits per heavy atom. The first-order valence-corrected chi connectivity index (χ1v) is 11.2. The molecule has 1 N–H and O–H groups in total. The maximum atomic E-state index is 13.1. The van der Waals surface area contributed by atoms with Gasteiger partial charge in [0.1, 0.15) is 22.2 Å². The van der Waals surface area contributed by atoms with E-state index in [1.807, 2.05) is 31.2 Å². The van der Waals surface area contributed by atoms with Crippen LogP contribution >= 0.6 is 11.3 Å². The van der Waals surface area contributed by atoms with Gasteiger partial charge < -0.3 is 13.8 Å². The molecule has 0 atom stereocenters. The average Bonchev–Trinajstić information content (AvgIpc) is 3.51. The van der Waals surface area contributed by atoms with E-state index in [4.69, 9.17) is 13.8 Å². The summed E-state index contributed by atoms with van der Waals surface area (Å²) in [5, 5.41) is 0.656. The van der Waals surface area contributed by atoms with Gasteiger partial charge >= 0.3 is 0 Å². The van der Waals surface area contributed by atoms with Crippen molar-refractivity contribution < 1.29 is 8.83 Å². The molecule has 0 fully saturated rings. The molecule has 5 rings (SSSR count). The van der Waals surface area contributed by atoms with Gasteiger partial charge in [-0.25, -0.2) is 4.98 Å². The molecule has 0 spiro atoms. The highest BCUT2D eigenvalue weighted by atomic mass is 32.1. The van der Waals surface area contributed by atoms with Crippen LogP contribution in [0, 0.1) is 13.8 Å². The maximum absolute atomic E-state index is 13.1. The van der Waals surface area contributed by atoms with Crippen LogP contribution in [0.1, 0.15) is 27.8 Å². The van der Waals surface area contributed by atoms with Gasteiger partial charge in [0.2, 0.25) is 0 Å². The van der Waals surface area contributed by atoms with Crippen molar-refractivity contribution in [3.05, 3.63) is 99.2 Å². The molecule has 7 heteroatoms. The largest absolute Gasteiger partial charge is 0.468 e. The molecule has 1 aromatic carbocycles. The first-order chi connectivity index (χ1) is 15.6. The number of hydrogen-bond acceptors (Lipinski definition) is 6. The molecule has 0 unspecified atom stereocenters. The SMILES string of the molecule is Cc1ccc(-c2c(C)sc3nc(CN(Cc4ccco4)Cc4ccco4)[nH]c(=O)c23)cc1. The predicted octanol–water partition coefficient (Wildman–Crippen LogP) is 5.66. The molecule has 5 aromatic rings. The number of thiophene rings is 1. The van der Waals surface area contributed by atoms with E-state index < -0.39 is 0 Å². The lowest BCUT2D eigenvalue weighted by molar-refractivity contribution is 0.205. The number of aromatic amines is 1. The third-order valence-electron chi connectivity index (χ3n) is 5.42. The second-order valence-corrected chi connectivity index (χ2v) is 9.10. The molecule has 4 heterocycles. The lowest BCUT2D eigenvalue weighted by Crippen LogP contribution is -2.25. The Kier molecular flexibility index (Phi) is 5.51. The third kappa shape index (κ3) is 4.17. The van der Waals surface area contributed by atoms with Crippen LogP contribution in [0.15, 0.2) is 74.7 Å². The number of rotatable bonds is 7. The number of H-pyrrole nitrogens is 1. The number of fused-ring (bicyclic) bond motifs is 1. The molecular weight excluding hydrogens is 422 g/mol. The van der Waals surface area contributed by atoms with E-state index in [9.17, 15) is 4.79 Å². The summed E-state index contributed by atoms with van der Waals surface area (Å²) in [6.45, 7) is 5.71. The first kappa shape index (κ1) is 20.5. The Labute approximate surface area is 189 Å². The van der Waals surface area contributed by atoms with Crippen LogP contribution in [0.25, 0.3) is 21.3 Å². The van der Waals surface area contributed by atoms with Gasteiger partial charge in [0.05, 0.1) is 37.5 Å². The molecular formula is C25H23N3O3S. The fourth-order valence-electron chi connectivity index (χ4n) is 3.93. The van der Waals surface area contributed by atoms with Crippen LogP contribution in [0.3, 0.4) is 0 Å². The number of benzene rings is 1. The van der Waals surface area contributed by atoms with Gasteiger partial charge in [0.15, 0.2) is 0 Å². The first-order valence-electron chi connectivity index (χ1n) is 10.4. The second-order valence-electron chi connectivity index (χ2n) is 7.90. The van der Waals surface area contributed by atoms with Gasteiger partial charge in [-0.3, -0.25) is 9.69 Å². The van der Waals surface area contributed by atoms with Gasteiger partial charge in [0.25, 0.3) is 5.56 Å². The smallest absolute Gasteiger partial charge is 0.260 e. The Bertz CT molecular complexity index is 1350. The summed E-state index contributed by atoms with van der Waals surface area (Å²) < 4.78 is 11.1. The predicted molar refractivity (Wildman–Crippen MR) is 126 cm³/mol. The number of hydrogen-bond donors (Lipinski definition) is 1. The van der Waals surface area contributed by atoms with Crippen molar-refractivity contribution in [2.24, 2.45) is 0 Å². The van der Waals surface area contributed by atoms with Crippen molar-refractivity contribution >= 4 is 21.6 Å². The highest BCUT2D eigenvalue weighted by molar-refractivity contribution is 7.19. The molecule has 0 aliphatic rings. The summed E-state index contributed by atoms with van der Waals surface area (Å²) in [7, 11) is 0. The minimum atomic E-state index is -0.110. The number of aryl methyl sites for hydroxylation is 2. The molecule has 0 bridgehead atoms. The Hall–Kier alpha value is -3.42. The van der Waals surface area contributed by atoms with Crippen molar-refractivity contribution in [3.8, 4) is 11.1 Å². The number of aromatic nitrogens is 2. The Balaban J connectivity index is 1.49. The standard InChI is InChI=1S/C25H23N3O3S/c1-16-7-9-18(10-8-16)22-17(2)32-25-23(22)24(29)26-21(27-25)15-28(13-19-5-3-11-30-19)14-20-6-4-12-31-20/h3-12H,13-15H2,1-2H3,(H,26,27,29). The van der Waals surface area contributed by atoms with Crippen molar-refractivity contribution in [3.63, 3.8) is 0 Å². The van der Waals surface area contributed by atoms with Crippen LogP contribution in [0.2, 0.25) is 0 Å². The van der Waals surface area contributed by atoms with E-state index in [1.54, 1.807) is 23.9 Å². The van der Waals surface area contributed by atoms with Crippen molar-refractivity contribution in [1.82, 2.24) is 14.9 Å². The molecule has 0 amide bonds. The fraction of sp³-hybridized carbons (Fsp3) is 0.200. The molecule has 0 saturated carbocycles. The molecule has 4 aromatic heterocycles. The average molecular weight is 446 g/mol. The second kappa shape index (κ2) is 8.61. The molecule has 0 aliphatic heterocycles. The van der Waals surface area contributed by atoms with E-state index in [0.29, 0.717) is 30.8 Å². The molecule has 0 radical (unpaired) electrons. The molecule has 0 aliphatic carbocycles. The summed E-state index contributed by atoms with van der Waals surface area (Å²) in [4.78, 5) is 24.9. The fourth-order valence-corrected chi connectivity index (χ4v) is 5.00.